The van der Waals surface area contributed by atoms with E-state index in [-0.39, 0.29) is 0 Å². The summed E-state index contributed by atoms with van der Waals surface area (Å²) in [6.45, 7) is 15.9. The Hall–Kier alpha value is -1.46. The van der Waals surface area contributed by atoms with Gasteiger partial charge in [0.25, 0.3) is 0 Å². The Kier molecular flexibility index (Phi) is 38.6. The zero-order chi connectivity index (χ0) is 37.4. The third-order valence-electron chi connectivity index (χ3n) is 7.86. The zero-order valence-corrected chi connectivity index (χ0v) is 32.2. The summed E-state index contributed by atoms with van der Waals surface area (Å²) in [4.78, 5) is 22.8. The van der Waals surface area contributed by atoms with Gasteiger partial charge in [-0.1, -0.05) is 71.1 Å². The highest BCUT2D eigenvalue weighted by Gasteiger charge is 2.41. The van der Waals surface area contributed by atoms with E-state index in [2.05, 4.69) is 11.7 Å². The summed E-state index contributed by atoms with van der Waals surface area (Å²) in [6, 6.07) is 0. The molecule has 2 rings (SSSR count). The van der Waals surface area contributed by atoms with E-state index in [0.717, 1.165) is 19.3 Å². The summed E-state index contributed by atoms with van der Waals surface area (Å²) >= 11 is 0. The number of ether oxygens (including phenoxy) is 11. The number of carbonyl (C=O) groups is 2. The minimum Gasteiger partial charge on any atom is -0.480 e. The molecule has 14 nitrogen and oxygen atoms in total. The molecule has 1 N–H and O–H groups in total. The van der Waals surface area contributed by atoms with Crippen LogP contribution in [0.4, 0.5) is 0 Å². The SMILES string of the molecule is C1COCCOCCOCCOCCO1.C1COCCOCCOCCOCCO1.CCCCCCCCCCCCC(C)(C(=O)O)C(=O)OC. The Morgan fingerprint density at radius 2 is 0.667 bits per heavy atom. The fraction of sp³-hybridized carbons (Fsp3) is 0.946. The molecule has 0 amide bonds. The molecule has 2 fully saturated rings. The molecule has 304 valence electrons. The molecule has 0 radical (unpaired) electrons. The molecule has 0 saturated carbocycles. The highest BCUT2D eigenvalue weighted by Crippen LogP contribution is 2.27. The number of unbranched alkanes of at least 4 members (excludes halogenated alkanes) is 9. The number of methoxy groups -OCH3 is 1. The third kappa shape index (κ3) is 34.1. The number of carboxylic acids is 1. The molecular weight excluding hydrogens is 668 g/mol. The van der Waals surface area contributed by atoms with Crippen LogP contribution < -0.4 is 0 Å². The van der Waals surface area contributed by atoms with Crippen LogP contribution in [0.5, 0.6) is 0 Å². The van der Waals surface area contributed by atoms with E-state index < -0.39 is 17.4 Å². The summed E-state index contributed by atoms with van der Waals surface area (Å²) < 4.78 is 57.4. The highest BCUT2D eigenvalue weighted by atomic mass is 16.6. The number of carboxylic acid groups (broad SMARTS) is 1. The zero-order valence-electron chi connectivity index (χ0n) is 32.2. The van der Waals surface area contributed by atoms with Gasteiger partial charge in [0, 0.05) is 0 Å². The Bertz CT molecular complexity index is 597. The second-order valence-corrected chi connectivity index (χ2v) is 12.2. The summed E-state index contributed by atoms with van der Waals surface area (Å²) in [5.74, 6) is -1.74. The third-order valence-corrected chi connectivity index (χ3v) is 7.86. The molecular formula is C37H72O14. The van der Waals surface area contributed by atoms with Gasteiger partial charge in [-0.25, -0.2) is 0 Å². The van der Waals surface area contributed by atoms with Crippen LogP contribution in [0.15, 0.2) is 0 Å². The van der Waals surface area contributed by atoms with Crippen molar-refractivity contribution in [3.63, 3.8) is 0 Å². The van der Waals surface area contributed by atoms with E-state index in [1.54, 1.807) is 0 Å². The Labute approximate surface area is 307 Å². The summed E-state index contributed by atoms with van der Waals surface area (Å²) in [6.07, 6.45) is 12.3. The van der Waals surface area contributed by atoms with Crippen molar-refractivity contribution in [2.75, 3.05) is 139 Å². The molecule has 0 aliphatic carbocycles. The predicted molar refractivity (Wildman–Crippen MR) is 192 cm³/mol. The van der Waals surface area contributed by atoms with Gasteiger partial charge in [0.15, 0.2) is 5.41 Å². The number of hydrogen-bond acceptors (Lipinski definition) is 13. The molecule has 0 spiro atoms. The fourth-order valence-electron chi connectivity index (χ4n) is 4.69. The maximum atomic E-state index is 11.6. The molecule has 0 aromatic heterocycles. The van der Waals surface area contributed by atoms with Crippen LogP contribution in [0, 0.1) is 5.41 Å². The average Bonchev–Trinajstić information content (AvgIpc) is 3.16. The number of aliphatic carboxylic acids is 1. The van der Waals surface area contributed by atoms with Gasteiger partial charge in [-0.2, -0.15) is 0 Å². The maximum absolute atomic E-state index is 11.6. The number of esters is 1. The lowest BCUT2D eigenvalue weighted by atomic mass is 9.84. The van der Waals surface area contributed by atoms with Crippen molar-refractivity contribution in [2.45, 2.75) is 84.5 Å². The van der Waals surface area contributed by atoms with E-state index in [9.17, 15) is 14.7 Å². The van der Waals surface area contributed by atoms with Gasteiger partial charge in [-0.05, 0) is 13.3 Å². The van der Waals surface area contributed by atoms with Crippen LogP contribution in [0.1, 0.15) is 84.5 Å². The van der Waals surface area contributed by atoms with E-state index in [1.807, 2.05) is 0 Å². The largest absolute Gasteiger partial charge is 0.480 e. The normalized spacial score (nSPS) is 19.7. The first-order valence-electron chi connectivity index (χ1n) is 19.1. The van der Waals surface area contributed by atoms with Gasteiger partial charge in [0.1, 0.15) is 0 Å². The lowest BCUT2D eigenvalue weighted by Crippen LogP contribution is -2.37. The van der Waals surface area contributed by atoms with Crippen molar-refractivity contribution in [1.29, 1.82) is 0 Å². The number of rotatable bonds is 13. The Balaban J connectivity index is 0.000000750. The molecule has 0 aromatic rings. The van der Waals surface area contributed by atoms with Gasteiger partial charge in [0.05, 0.1) is 139 Å². The first-order chi connectivity index (χ1) is 25.0. The van der Waals surface area contributed by atoms with Crippen molar-refractivity contribution in [1.82, 2.24) is 0 Å². The van der Waals surface area contributed by atoms with E-state index >= 15 is 0 Å². The molecule has 0 bridgehead atoms. The average molecular weight is 741 g/mol. The fourth-order valence-corrected chi connectivity index (χ4v) is 4.69. The van der Waals surface area contributed by atoms with Crippen LogP contribution in [-0.2, 0) is 61.7 Å². The van der Waals surface area contributed by atoms with Crippen LogP contribution >= 0.6 is 0 Å². The van der Waals surface area contributed by atoms with E-state index in [1.165, 1.54) is 59.0 Å². The van der Waals surface area contributed by atoms with E-state index in [0.29, 0.717) is 139 Å². The van der Waals surface area contributed by atoms with Crippen molar-refractivity contribution in [3.8, 4) is 0 Å². The minimum absolute atomic E-state index is 0.353. The predicted octanol–water partition coefficient (Wildman–Crippen LogP) is 4.73. The number of carbonyl (C=O) groups excluding carboxylic acids is 1. The van der Waals surface area contributed by atoms with Gasteiger partial charge in [0.2, 0.25) is 0 Å². The molecule has 2 heterocycles. The quantitative estimate of drug-likeness (QED) is 0.157. The first kappa shape index (κ1) is 49.5. The molecule has 0 aromatic carbocycles. The highest BCUT2D eigenvalue weighted by molar-refractivity contribution is 5.98. The topological polar surface area (TPSA) is 156 Å². The Morgan fingerprint density at radius 1 is 0.451 bits per heavy atom. The Morgan fingerprint density at radius 3 is 0.863 bits per heavy atom. The molecule has 51 heavy (non-hydrogen) atoms. The van der Waals surface area contributed by atoms with Gasteiger partial charge >= 0.3 is 11.9 Å². The lowest BCUT2D eigenvalue weighted by molar-refractivity contribution is -0.166. The molecule has 1 atom stereocenters. The van der Waals surface area contributed by atoms with Crippen molar-refractivity contribution in [3.05, 3.63) is 0 Å². The second-order valence-electron chi connectivity index (χ2n) is 12.2. The van der Waals surface area contributed by atoms with Crippen molar-refractivity contribution < 1.29 is 66.8 Å². The minimum atomic E-state index is -1.39. The van der Waals surface area contributed by atoms with Crippen LogP contribution in [0.3, 0.4) is 0 Å². The van der Waals surface area contributed by atoms with Gasteiger partial charge in [-0.3, -0.25) is 9.59 Å². The first-order valence-corrected chi connectivity index (χ1v) is 19.1. The van der Waals surface area contributed by atoms with Gasteiger partial charge < -0.3 is 57.2 Å². The molecule has 2 aliphatic rings. The lowest BCUT2D eigenvalue weighted by Gasteiger charge is -2.21. The van der Waals surface area contributed by atoms with E-state index in [4.69, 9.17) is 47.4 Å². The van der Waals surface area contributed by atoms with Crippen molar-refractivity contribution in [2.24, 2.45) is 5.41 Å². The van der Waals surface area contributed by atoms with Crippen LogP contribution in [-0.4, -0.2) is 156 Å². The van der Waals surface area contributed by atoms with Crippen LogP contribution in [0.2, 0.25) is 0 Å². The van der Waals surface area contributed by atoms with Gasteiger partial charge in [-0.15, -0.1) is 0 Å². The smallest absolute Gasteiger partial charge is 0.322 e. The summed E-state index contributed by atoms with van der Waals surface area (Å²) in [5, 5.41) is 9.18. The van der Waals surface area contributed by atoms with Crippen molar-refractivity contribution >= 4 is 11.9 Å². The molecule has 2 aliphatic heterocycles. The summed E-state index contributed by atoms with van der Waals surface area (Å²) in [5.41, 5.74) is -1.39. The molecule has 1 unspecified atom stereocenters. The van der Waals surface area contributed by atoms with Crippen LogP contribution in [0.25, 0.3) is 0 Å². The standard InChI is InChI=1S/C17H32O4.2C10H20O5/c1-4-5-6-7-8-9-10-11-12-13-14-17(2,15(18)19)16(20)21-3;2*1-2-12-5-6-14-9-10-15-8-7-13-4-3-11-1/h4-14H2,1-3H3,(H,18,19);2*1-10H2. The molecule has 2 saturated heterocycles. The molecule has 14 heteroatoms. The maximum Gasteiger partial charge on any atom is 0.322 e. The second kappa shape index (κ2) is 39.7. The summed E-state index contributed by atoms with van der Waals surface area (Å²) in [7, 11) is 1.24. The number of hydrogen-bond donors (Lipinski definition) is 1. The monoisotopic (exact) mass is 740 g/mol.